The highest BCUT2D eigenvalue weighted by molar-refractivity contribution is 5.45. The molecule has 0 atom stereocenters. The maximum Gasteiger partial charge on any atom is 0.160 e. The Balaban J connectivity index is 3.21. The standard InChI is InChI=1S/C9H12O2/c1-6-4-8(10)9(11-3)5-7(6)2/h4-5,10H,1-3H3. The number of hydrogen-bond acceptors (Lipinski definition) is 2. The lowest BCUT2D eigenvalue weighted by molar-refractivity contribution is 0.373. The summed E-state index contributed by atoms with van der Waals surface area (Å²) in [7, 11) is 1.55. The molecule has 0 radical (unpaired) electrons. The number of aryl methyl sites for hydroxylation is 2. The highest BCUT2D eigenvalue weighted by Gasteiger charge is 2.02. The van der Waals surface area contributed by atoms with Gasteiger partial charge in [-0.15, -0.1) is 0 Å². The molecule has 60 valence electrons. The zero-order valence-corrected chi connectivity index (χ0v) is 7.01. The molecule has 0 spiro atoms. The summed E-state index contributed by atoms with van der Waals surface area (Å²) in [6.45, 7) is 3.94. The maximum atomic E-state index is 9.29. The van der Waals surface area contributed by atoms with Gasteiger partial charge in [0.15, 0.2) is 11.5 Å². The number of phenolic OH excluding ortho intramolecular Hbond substituents is 1. The first-order valence-corrected chi connectivity index (χ1v) is 3.49. The van der Waals surface area contributed by atoms with Crippen LogP contribution in [0.4, 0.5) is 0 Å². The smallest absolute Gasteiger partial charge is 0.160 e. The van der Waals surface area contributed by atoms with Gasteiger partial charge in [0.1, 0.15) is 0 Å². The quantitative estimate of drug-likeness (QED) is 0.667. The van der Waals surface area contributed by atoms with Crippen molar-refractivity contribution >= 4 is 0 Å². The third kappa shape index (κ3) is 1.45. The van der Waals surface area contributed by atoms with Crippen molar-refractivity contribution in [2.45, 2.75) is 13.8 Å². The molecule has 1 rings (SSSR count). The summed E-state index contributed by atoms with van der Waals surface area (Å²) in [6.07, 6.45) is 0. The average molecular weight is 152 g/mol. The largest absolute Gasteiger partial charge is 0.504 e. The average Bonchev–Trinajstić information content (AvgIpc) is 1.97. The molecule has 0 saturated carbocycles. The molecule has 0 aliphatic carbocycles. The summed E-state index contributed by atoms with van der Waals surface area (Å²) >= 11 is 0. The first-order chi connectivity index (χ1) is 5.15. The van der Waals surface area contributed by atoms with Crippen LogP contribution in [0.5, 0.6) is 11.5 Å². The van der Waals surface area contributed by atoms with Crippen LogP contribution in [-0.2, 0) is 0 Å². The number of benzene rings is 1. The predicted molar refractivity (Wildman–Crippen MR) is 44.1 cm³/mol. The minimum atomic E-state index is 0.204. The second-order valence-corrected chi connectivity index (χ2v) is 2.61. The highest BCUT2D eigenvalue weighted by atomic mass is 16.5. The Morgan fingerprint density at radius 2 is 1.73 bits per heavy atom. The van der Waals surface area contributed by atoms with Gasteiger partial charge in [0, 0.05) is 0 Å². The first kappa shape index (κ1) is 7.92. The van der Waals surface area contributed by atoms with Gasteiger partial charge in [-0.3, -0.25) is 0 Å². The molecule has 0 unspecified atom stereocenters. The highest BCUT2D eigenvalue weighted by Crippen LogP contribution is 2.28. The molecule has 0 amide bonds. The van der Waals surface area contributed by atoms with Gasteiger partial charge in [-0.2, -0.15) is 0 Å². The van der Waals surface area contributed by atoms with Crippen molar-refractivity contribution in [2.24, 2.45) is 0 Å². The van der Waals surface area contributed by atoms with E-state index < -0.39 is 0 Å². The van der Waals surface area contributed by atoms with Crippen LogP contribution in [0.3, 0.4) is 0 Å². The van der Waals surface area contributed by atoms with E-state index in [2.05, 4.69) is 0 Å². The summed E-state index contributed by atoms with van der Waals surface area (Å²) in [4.78, 5) is 0. The van der Waals surface area contributed by atoms with Crippen molar-refractivity contribution < 1.29 is 9.84 Å². The van der Waals surface area contributed by atoms with Crippen LogP contribution in [0.15, 0.2) is 12.1 Å². The minimum absolute atomic E-state index is 0.204. The summed E-state index contributed by atoms with van der Waals surface area (Å²) in [5, 5.41) is 9.29. The summed E-state index contributed by atoms with van der Waals surface area (Å²) < 4.78 is 4.93. The fraction of sp³-hybridized carbons (Fsp3) is 0.333. The number of ether oxygens (including phenoxy) is 1. The fourth-order valence-electron chi connectivity index (χ4n) is 0.938. The Bertz CT molecular complexity index is 267. The molecule has 0 heterocycles. The second kappa shape index (κ2) is 2.82. The molecule has 1 aromatic carbocycles. The second-order valence-electron chi connectivity index (χ2n) is 2.61. The van der Waals surface area contributed by atoms with Crippen molar-refractivity contribution in [1.82, 2.24) is 0 Å². The molecule has 11 heavy (non-hydrogen) atoms. The lowest BCUT2D eigenvalue weighted by atomic mass is 10.1. The summed E-state index contributed by atoms with van der Waals surface area (Å²) in [5.74, 6) is 0.740. The van der Waals surface area contributed by atoms with Crippen LogP contribution in [0, 0.1) is 13.8 Å². The molecule has 0 aliphatic heterocycles. The van der Waals surface area contributed by atoms with Crippen molar-refractivity contribution in [3.05, 3.63) is 23.3 Å². The van der Waals surface area contributed by atoms with Crippen molar-refractivity contribution in [1.29, 1.82) is 0 Å². The normalized spacial score (nSPS) is 9.73. The number of aromatic hydroxyl groups is 1. The Kier molecular flexibility index (Phi) is 2.03. The SMILES string of the molecule is COc1cc(C)c(C)cc1O. The Hall–Kier alpha value is -1.18. The van der Waals surface area contributed by atoms with E-state index >= 15 is 0 Å². The third-order valence-corrected chi connectivity index (χ3v) is 1.80. The maximum absolute atomic E-state index is 9.29. The fourth-order valence-corrected chi connectivity index (χ4v) is 0.938. The van der Waals surface area contributed by atoms with Gasteiger partial charge in [-0.05, 0) is 37.1 Å². The molecule has 2 heteroatoms. The van der Waals surface area contributed by atoms with Gasteiger partial charge in [-0.1, -0.05) is 0 Å². The summed E-state index contributed by atoms with van der Waals surface area (Å²) in [5.41, 5.74) is 2.20. The van der Waals surface area contributed by atoms with Gasteiger partial charge < -0.3 is 9.84 Å². The first-order valence-electron chi connectivity index (χ1n) is 3.49. The third-order valence-electron chi connectivity index (χ3n) is 1.80. The van der Waals surface area contributed by atoms with E-state index in [0.29, 0.717) is 5.75 Å². The number of methoxy groups -OCH3 is 1. The van der Waals surface area contributed by atoms with Crippen molar-refractivity contribution in [3.63, 3.8) is 0 Å². The monoisotopic (exact) mass is 152 g/mol. The molecule has 0 aliphatic rings. The van der Waals surface area contributed by atoms with E-state index in [4.69, 9.17) is 4.74 Å². The molecule has 1 N–H and O–H groups in total. The number of hydrogen-bond donors (Lipinski definition) is 1. The van der Waals surface area contributed by atoms with Crippen molar-refractivity contribution in [3.8, 4) is 11.5 Å². The molecular formula is C9H12O2. The lowest BCUT2D eigenvalue weighted by Gasteiger charge is -2.06. The van der Waals surface area contributed by atoms with E-state index in [-0.39, 0.29) is 5.75 Å². The molecule has 0 saturated heterocycles. The zero-order chi connectivity index (χ0) is 8.43. The molecule has 0 aromatic heterocycles. The molecule has 2 nitrogen and oxygen atoms in total. The van der Waals surface area contributed by atoms with Crippen LogP contribution in [0.2, 0.25) is 0 Å². The molecular weight excluding hydrogens is 140 g/mol. The molecule has 0 bridgehead atoms. The zero-order valence-electron chi connectivity index (χ0n) is 7.01. The van der Waals surface area contributed by atoms with Gasteiger partial charge in [0.25, 0.3) is 0 Å². The Morgan fingerprint density at radius 3 is 2.27 bits per heavy atom. The number of rotatable bonds is 1. The van der Waals surface area contributed by atoms with E-state index in [1.54, 1.807) is 13.2 Å². The van der Waals surface area contributed by atoms with Crippen LogP contribution >= 0.6 is 0 Å². The van der Waals surface area contributed by atoms with E-state index in [9.17, 15) is 5.11 Å². The minimum Gasteiger partial charge on any atom is -0.504 e. The van der Waals surface area contributed by atoms with E-state index in [1.807, 2.05) is 19.9 Å². The molecule has 1 aromatic rings. The predicted octanol–water partition coefficient (Wildman–Crippen LogP) is 2.02. The van der Waals surface area contributed by atoms with Crippen LogP contribution in [0.25, 0.3) is 0 Å². The number of phenols is 1. The van der Waals surface area contributed by atoms with E-state index in [0.717, 1.165) is 11.1 Å². The topological polar surface area (TPSA) is 29.5 Å². The van der Waals surface area contributed by atoms with Crippen molar-refractivity contribution in [2.75, 3.05) is 7.11 Å². The Labute approximate surface area is 66.4 Å². The van der Waals surface area contributed by atoms with E-state index in [1.165, 1.54) is 0 Å². The van der Waals surface area contributed by atoms with Crippen LogP contribution in [-0.4, -0.2) is 12.2 Å². The van der Waals surface area contributed by atoms with Gasteiger partial charge in [0.05, 0.1) is 7.11 Å². The van der Waals surface area contributed by atoms with Gasteiger partial charge >= 0.3 is 0 Å². The van der Waals surface area contributed by atoms with Gasteiger partial charge in [0.2, 0.25) is 0 Å². The summed E-state index contributed by atoms with van der Waals surface area (Å²) in [6, 6.07) is 3.53. The molecule has 0 fully saturated rings. The van der Waals surface area contributed by atoms with Gasteiger partial charge in [-0.25, -0.2) is 0 Å². The van der Waals surface area contributed by atoms with Crippen LogP contribution in [0.1, 0.15) is 11.1 Å². The van der Waals surface area contributed by atoms with Crippen LogP contribution < -0.4 is 4.74 Å². The Morgan fingerprint density at radius 1 is 1.18 bits per heavy atom. The lowest BCUT2D eigenvalue weighted by Crippen LogP contribution is -1.86.